The summed E-state index contributed by atoms with van der Waals surface area (Å²) in [6.07, 6.45) is 1.97. The van der Waals surface area contributed by atoms with Gasteiger partial charge in [0.15, 0.2) is 0 Å². The van der Waals surface area contributed by atoms with Crippen LogP contribution in [0, 0.1) is 0 Å². The maximum Gasteiger partial charge on any atom is 0.217 e. The summed E-state index contributed by atoms with van der Waals surface area (Å²) in [7, 11) is -1.69. The molecule has 20 heavy (non-hydrogen) atoms. The molecule has 0 bridgehead atoms. The second-order valence-corrected chi connectivity index (χ2v) is 7.09. The highest BCUT2D eigenvalue weighted by atomic mass is 32.2. The Balaban J connectivity index is 1.77. The van der Waals surface area contributed by atoms with Crippen molar-refractivity contribution in [1.82, 2.24) is 4.31 Å². The fourth-order valence-electron chi connectivity index (χ4n) is 2.13. The van der Waals surface area contributed by atoms with Gasteiger partial charge in [-0.3, -0.25) is 0 Å². The first-order valence-electron chi connectivity index (χ1n) is 6.81. The van der Waals surface area contributed by atoms with Crippen molar-refractivity contribution in [2.45, 2.75) is 18.9 Å². The molecule has 2 rings (SSSR count). The standard InChI is InChI=1S/C14H21NO4S/c1-15(12-14-8-5-9-18-14)20(16,17)11-10-19-13-6-3-2-4-7-13/h2-4,6-7,14H,5,8-12H2,1H3. The number of para-hydroxylation sites is 1. The van der Waals surface area contributed by atoms with Crippen molar-refractivity contribution in [2.75, 3.05) is 32.6 Å². The number of rotatable bonds is 7. The van der Waals surface area contributed by atoms with Gasteiger partial charge in [-0.15, -0.1) is 0 Å². The van der Waals surface area contributed by atoms with Gasteiger partial charge < -0.3 is 9.47 Å². The summed E-state index contributed by atoms with van der Waals surface area (Å²) in [5, 5.41) is 0. The summed E-state index contributed by atoms with van der Waals surface area (Å²) in [5.41, 5.74) is 0. The minimum Gasteiger partial charge on any atom is -0.492 e. The maximum atomic E-state index is 12.1. The summed E-state index contributed by atoms with van der Waals surface area (Å²) in [5.74, 6) is 0.662. The van der Waals surface area contributed by atoms with E-state index < -0.39 is 10.0 Å². The third kappa shape index (κ3) is 4.47. The second-order valence-electron chi connectivity index (χ2n) is 4.89. The molecular formula is C14H21NO4S. The first kappa shape index (κ1) is 15.3. The molecule has 112 valence electrons. The normalized spacial score (nSPS) is 19.4. The zero-order valence-corrected chi connectivity index (χ0v) is 12.5. The van der Waals surface area contributed by atoms with Gasteiger partial charge in [-0.2, -0.15) is 0 Å². The molecule has 6 heteroatoms. The van der Waals surface area contributed by atoms with Gasteiger partial charge in [-0.1, -0.05) is 18.2 Å². The Hall–Kier alpha value is -1.11. The van der Waals surface area contributed by atoms with Gasteiger partial charge >= 0.3 is 0 Å². The van der Waals surface area contributed by atoms with E-state index in [2.05, 4.69) is 0 Å². The Bertz CT molecular complexity index is 497. The predicted molar refractivity (Wildman–Crippen MR) is 77.3 cm³/mol. The number of benzene rings is 1. The molecule has 0 spiro atoms. The molecule has 0 radical (unpaired) electrons. The largest absolute Gasteiger partial charge is 0.492 e. The lowest BCUT2D eigenvalue weighted by Crippen LogP contribution is -2.36. The van der Waals surface area contributed by atoms with Crippen molar-refractivity contribution in [3.05, 3.63) is 30.3 Å². The van der Waals surface area contributed by atoms with Crippen molar-refractivity contribution in [3.63, 3.8) is 0 Å². The highest BCUT2D eigenvalue weighted by Gasteiger charge is 2.24. The average molecular weight is 299 g/mol. The molecule has 1 saturated heterocycles. The van der Waals surface area contributed by atoms with E-state index in [1.54, 1.807) is 7.05 Å². The molecule has 5 nitrogen and oxygen atoms in total. The van der Waals surface area contributed by atoms with Crippen molar-refractivity contribution >= 4 is 10.0 Å². The van der Waals surface area contributed by atoms with Crippen LogP contribution >= 0.6 is 0 Å². The van der Waals surface area contributed by atoms with Crippen LogP contribution in [0.25, 0.3) is 0 Å². The molecule has 1 atom stereocenters. The van der Waals surface area contributed by atoms with Gasteiger partial charge in [0, 0.05) is 20.2 Å². The minimum atomic E-state index is -3.29. The van der Waals surface area contributed by atoms with Crippen LogP contribution < -0.4 is 4.74 Å². The summed E-state index contributed by atoms with van der Waals surface area (Å²) in [6, 6.07) is 9.21. The molecule has 1 aromatic rings. The smallest absolute Gasteiger partial charge is 0.217 e. The van der Waals surface area contributed by atoms with Crippen LogP contribution in [-0.2, 0) is 14.8 Å². The molecule has 1 aliphatic rings. The quantitative estimate of drug-likeness (QED) is 0.766. The van der Waals surface area contributed by atoms with E-state index in [0.717, 1.165) is 19.4 Å². The monoisotopic (exact) mass is 299 g/mol. The second kappa shape index (κ2) is 7.06. The number of nitrogens with zero attached hydrogens (tertiary/aromatic N) is 1. The van der Waals surface area contributed by atoms with Crippen LogP contribution in [0.4, 0.5) is 0 Å². The van der Waals surface area contributed by atoms with Gasteiger partial charge in [0.25, 0.3) is 0 Å². The minimum absolute atomic E-state index is 0.0227. The van der Waals surface area contributed by atoms with Gasteiger partial charge in [-0.05, 0) is 25.0 Å². The number of sulfonamides is 1. The average Bonchev–Trinajstić information content (AvgIpc) is 2.92. The third-order valence-electron chi connectivity index (χ3n) is 3.31. The van der Waals surface area contributed by atoms with E-state index >= 15 is 0 Å². The highest BCUT2D eigenvalue weighted by Crippen LogP contribution is 2.14. The van der Waals surface area contributed by atoms with Crippen molar-refractivity contribution in [1.29, 1.82) is 0 Å². The molecule has 0 amide bonds. The highest BCUT2D eigenvalue weighted by molar-refractivity contribution is 7.89. The molecule has 1 unspecified atom stereocenters. The lowest BCUT2D eigenvalue weighted by atomic mass is 10.2. The van der Waals surface area contributed by atoms with Gasteiger partial charge in [-0.25, -0.2) is 12.7 Å². The molecule has 0 aromatic heterocycles. The Morgan fingerprint density at radius 3 is 2.75 bits per heavy atom. The Kier molecular flexibility index (Phi) is 5.39. The van der Waals surface area contributed by atoms with Gasteiger partial charge in [0.05, 0.1) is 11.9 Å². The van der Waals surface area contributed by atoms with E-state index in [0.29, 0.717) is 12.3 Å². The van der Waals surface area contributed by atoms with Crippen molar-refractivity contribution in [3.8, 4) is 5.75 Å². The zero-order chi connectivity index (χ0) is 14.4. The van der Waals surface area contributed by atoms with E-state index in [1.807, 2.05) is 30.3 Å². The summed E-state index contributed by atoms with van der Waals surface area (Å²) >= 11 is 0. The topological polar surface area (TPSA) is 55.8 Å². The Labute approximate surface area is 120 Å². The van der Waals surface area contributed by atoms with E-state index in [4.69, 9.17) is 9.47 Å². The van der Waals surface area contributed by atoms with Crippen LogP contribution in [0.2, 0.25) is 0 Å². The first-order valence-corrected chi connectivity index (χ1v) is 8.42. The number of hydrogen-bond acceptors (Lipinski definition) is 4. The molecule has 0 aliphatic carbocycles. The molecule has 1 fully saturated rings. The maximum absolute atomic E-state index is 12.1. The molecule has 1 heterocycles. The number of ether oxygens (including phenoxy) is 2. The molecular weight excluding hydrogens is 278 g/mol. The van der Waals surface area contributed by atoms with Crippen LogP contribution in [0.3, 0.4) is 0 Å². The van der Waals surface area contributed by atoms with E-state index in [-0.39, 0.29) is 18.5 Å². The molecule has 0 N–H and O–H groups in total. The first-order chi connectivity index (χ1) is 9.58. The summed E-state index contributed by atoms with van der Waals surface area (Å²) < 4.78 is 36.5. The summed E-state index contributed by atoms with van der Waals surface area (Å²) in [4.78, 5) is 0. The Morgan fingerprint density at radius 1 is 1.35 bits per heavy atom. The third-order valence-corrected chi connectivity index (χ3v) is 5.09. The molecule has 0 saturated carbocycles. The molecule has 1 aromatic carbocycles. The lowest BCUT2D eigenvalue weighted by molar-refractivity contribution is 0.0978. The zero-order valence-electron chi connectivity index (χ0n) is 11.7. The van der Waals surface area contributed by atoms with Gasteiger partial charge in [0.1, 0.15) is 12.4 Å². The van der Waals surface area contributed by atoms with Crippen LogP contribution in [0.1, 0.15) is 12.8 Å². The van der Waals surface area contributed by atoms with Gasteiger partial charge in [0.2, 0.25) is 10.0 Å². The van der Waals surface area contributed by atoms with E-state index in [9.17, 15) is 8.42 Å². The number of likely N-dealkylation sites (N-methyl/N-ethyl adjacent to an activating group) is 1. The summed E-state index contributed by atoms with van der Waals surface area (Å²) in [6.45, 7) is 1.31. The van der Waals surface area contributed by atoms with Crippen LogP contribution in [0.15, 0.2) is 30.3 Å². The van der Waals surface area contributed by atoms with Crippen LogP contribution in [0.5, 0.6) is 5.75 Å². The number of hydrogen-bond donors (Lipinski definition) is 0. The molecule has 1 aliphatic heterocycles. The SMILES string of the molecule is CN(CC1CCCO1)S(=O)(=O)CCOc1ccccc1. The predicted octanol–water partition coefficient (Wildman–Crippen LogP) is 1.51. The Morgan fingerprint density at radius 2 is 2.10 bits per heavy atom. The van der Waals surface area contributed by atoms with Crippen molar-refractivity contribution in [2.24, 2.45) is 0 Å². The van der Waals surface area contributed by atoms with Crippen LogP contribution in [-0.4, -0.2) is 51.4 Å². The lowest BCUT2D eigenvalue weighted by Gasteiger charge is -2.20. The fourth-order valence-corrected chi connectivity index (χ4v) is 3.13. The van der Waals surface area contributed by atoms with Crippen molar-refractivity contribution < 1.29 is 17.9 Å². The fraction of sp³-hybridized carbons (Fsp3) is 0.571. The van der Waals surface area contributed by atoms with E-state index in [1.165, 1.54) is 4.31 Å².